The fourth-order valence-electron chi connectivity index (χ4n) is 4.69. The zero-order valence-corrected chi connectivity index (χ0v) is 18.2. The lowest BCUT2D eigenvalue weighted by atomic mass is 9.73. The van der Waals surface area contributed by atoms with E-state index in [9.17, 15) is 19.2 Å². The number of ketones is 1. The number of aromatic nitrogens is 1. The first kappa shape index (κ1) is 22.1. The first-order valence-electron chi connectivity index (χ1n) is 10.7. The largest absolute Gasteiger partial charge is 0.456 e. The smallest absolute Gasteiger partial charge is 0.326 e. The van der Waals surface area contributed by atoms with Crippen LogP contribution in [0.3, 0.4) is 0 Å². The SMILES string of the molecule is CCCn1c(C)cc(C(=O)COC(=O)CN2C(=O)N[C@@]3(CCCC[C@@H]3C)C2=O)c1C. The number of carbonyl (C=O) groups excluding carboxylic acids is 4. The van der Waals surface area contributed by atoms with Crippen LogP contribution in [0.25, 0.3) is 0 Å². The van der Waals surface area contributed by atoms with Crippen molar-refractivity contribution < 1.29 is 23.9 Å². The van der Waals surface area contributed by atoms with Crippen LogP contribution in [0, 0.1) is 19.8 Å². The number of rotatable bonds is 7. The summed E-state index contributed by atoms with van der Waals surface area (Å²) in [6.07, 6.45) is 4.27. The van der Waals surface area contributed by atoms with E-state index < -0.39 is 30.7 Å². The Balaban J connectivity index is 1.60. The number of Topliss-reactive ketones (excluding diaryl/α,β-unsaturated/α-hetero) is 1. The minimum absolute atomic E-state index is 0.0173. The van der Waals surface area contributed by atoms with E-state index in [0.29, 0.717) is 12.0 Å². The summed E-state index contributed by atoms with van der Waals surface area (Å²) in [4.78, 5) is 51.0. The molecule has 1 saturated carbocycles. The average Bonchev–Trinajstić information content (AvgIpc) is 3.12. The molecule has 30 heavy (non-hydrogen) atoms. The molecule has 1 N–H and O–H groups in total. The molecule has 2 atom stereocenters. The van der Waals surface area contributed by atoms with Crippen LogP contribution in [0.4, 0.5) is 4.79 Å². The molecule has 3 rings (SSSR count). The van der Waals surface area contributed by atoms with Gasteiger partial charge in [-0.15, -0.1) is 0 Å². The summed E-state index contributed by atoms with van der Waals surface area (Å²) in [5.41, 5.74) is 1.44. The second-order valence-electron chi connectivity index (χ2n) is 8.46. The highest BCUT2D eigenvalue weighted by Gasteiger charge is 2.55. The van der Waals surface area contributed by atoms with Gasteiger partial charge in [-0.05, 0) is 45.1 Å². The number of imide groups is 1. The van der Waals surface area contributed by atoms with Gasteiger partial charge >= 0.3 is 12.0 Å². The summed E-state index contributed by atoms with van der Waals surface area (Å²) in [5, 5.41) is 2.80. The molecule has 2 fully saturated rings. The van der Waals surface area contributed by atoms with Crippen LogP contribution in [0.15, 0.2) is 6.07 Å². The van der Waals surface area contributed by atoms with Gasteiger partial charge in [0.25, 0.3) is 5.91 Å². The van der Waals surface area contributed by atoms with E-state index in [1.54, 1.807) is 6.07 Å². The summed E-state index contributed by atoms with van der Waals surface area (Å²) in [6.45, 7) is 7.74. The molecule has 2 aliphatic rings. The second-order valence-corrected chi connectivity index (χ2v) is 8.46. The molecule has 0 unspecified atom stereocenters. The maximum atomic E-state index is 12.9. The maximum absolute atomic E-state index is 12.9. The second kappa shape index (κ2) is 8.62. The minimum atomic E-state index is -0.914. The summed E-state index contributed by atoms with van der Waals surface area (Å²) >= 11 is 0. The van der Waals surface area contributed by atoms with Crippen LogP contribution < -0.4 is 5.32 Å². The summed E-state index contributed by atoms with van der Waals surface area (Å²) in [6, 6.07) is 1.23. The Labute approximate surface area is 176 Å². The number of esters is 1. The number of hydrogen-bond donors (Lipinski definition) is 1. The van der Waals surface area contributed by atoms with Gasteiger partial charge in [-0.25, -0.2) is 4.79 Å². The van der Waals surface area contributed by atoms with Crippen molar-refractivity contribution in [3.63, 3.8) is 0 Å². The van der Waals surface area contributed by atoms with Crippen LogP contribution >= 0.6 is 0 Å². The van der Waals surface area contributed by atoms with E-state index in [2.05, 4.69) is 16.8 Å². The molecule has 0 aromatic carbocycles. The van der Waals surface area contributed by atoms with Crippen LogP contribution in [-0.4, -0.2) is 51.8 Å². The highest BCUT2D eigenvalue weighted by molar-refractivity contribution is 6.09. The van der Waals surface area contributed by atoms with Gasteiger partial charge in [-0.2, -0.15) is 0 Å². The van der Waals surface area contributed by atoms with E-state index in [1.165, 1.54) is 0 Å². The van der Waals surface area contributed by atoms with Crippen molar-refractivity contribution >= 4 is 23.7 Å². The summed E-state index contributed by atoms with van der Waals surface area (Å²) in [7, 11) is 0. The molecule has 1 aromatic heterocycles. The third-order valence-electron chi connectivity index (χ3n) is 6.47. The van der Waals surface area contributed by atoms with Crippen molar-refractivity contribution in [2.45, 2.75) is 71.9 Å². The van der Waals surface area contributed by atoms with E-state index in [4.69, 9.17) is 4.74 Å². The molecule has 1 aliphatic carbocycles. The van der Waals surface area contributed by atoms with Gasteiger partial charge in [0.1, 0.15) is 12.1 Å². The fourth-order valence-corrected chi connectivity index (χ4v) is 4.69. The van der Waals surface area contributed by atoms with Crippen LogP contribution in [0.2, 0.25) is 0 Å². The van der Waals surface area contributed by atoms with Crippen molar-refractivity contribution in [2.24, 2.45) is 5.92 Å². The number of carbonyl (C=O) groups is 4. The predicted molar refractivity (Wildman–Crippen MR) is 110 cm³/mol. The van der Waals surface area contributed by atoms with E-state index in [-0.39, 0.29) is 17.6 Å². The van der Waals surface area contributed by atoms with E-state index >= 15 is 0 Å². The van der Waals surface area contributed by atoms with Gasteiger partial charge in [0, 0.05) is 23.5 Å². The first-order chi connectivity index (χ1) is 14.2. The number of urea groups is 1. The van der Waals surface area contributed by atoms with Crippen LogP contribution in [-0.2, 0) is 20.9 Å². The zero-order chi connectivity index (χ0) is 22.1. The van der Waals surface area contributed by atoms with Crippen molar-refractivity contribution in [3.05, 3.63) is 23.0 Å². The molecule has 1 aliphatic heterocycles. The van der Waals surface area contributed by atoms with Crippen LogP contribution in [0.1, 0.15) is 67.7 Å². The van der Waals surface area contributed by atoms with Gasteiger partial charge in [-0.1, -0.05) is 26.7 Å². The molecule has 1 aromatic rings. The van der Waals surface area contributed by atoms with Crippen molar-refractivity contribution in [1.29, 1.82) is 0 Å². The van der Waals surface area contributed by atoms with Gasteiger partial charge in [-0.3, -0.25) is 19.3 Å². The third-order valence-corrected chi connectivity index (χ3v) is 6.47. The monoisotopic (exact) mass is 417 g/mol. The zero-order valence-electron chi connectivity index (χ0n) is 18.2. The Morgan fingerprint density at radius 1 is 1.27 bits per heavy atom. The van der Waals surface area contributed by atoms with Crippen LogP contribution in [0.5, 0.6) is 0 Å². The highest BCUT2D eigenvalue weighted by atomic mass is 16.5. The lowest BCUT2D eigenvalue weighted by Gasteiger charge is -2.36. The average molecular weight is 418 g/mol. The Morgan fingerprint density at radius 2 is 2.00 bits per heavy atom. The van der Waals surface area contributed by atoms with Gasteiger partial charge < -0.3 is 14.6 Å². The third kappa shape index (κ3) is 3.87. The topological polar surface area (TPSA) is 97.7 Å². The number of hydrogen-bond acceptors (Lipinski definition) is 5. The standard InChI is InChI=1S/C22H31N3O5/c1-5-10-24-15(3)11-17(16(24)4)18(26)13-30-19(27)12-25-20(28)22(23-21(25)29)9-7-6-8-14(22)2/h11,14H,5-10,12-13H2,1-4H3,(H,23,29)/t14-,22+/m0/s1. The molecule has 8 nitrogen and oxygen atoms in total. The molecule has 3 amide bonds. The number of aryl methyl sites for hydroxylation is 1. The number of amides is 3. The molecular formula is C22H31N3O5. The Morgan fingerprint density at radius 3 is 2.67 bits per heavy atom. The van der Waals surface area contributed by atoms with Crippen molar-refractivity contribution in [2.75, 3.05) is 13.2 Å². The summed E-state index contributed by atoms with van der Waals surface area (Å²) < 4.78 is 7.17. The molecular weight excluding hydrogens is 386 g/mol. The molecule has 0 bridgehead atoms. The lowest BCUT2D eigenvalue weighted by Crippen LogP contribution is -2.54. The van der Waals surface area contributed by atoms with Gasteiger partial charge in [0.2, 0.25) is 5.78 Å². The van der Waals surface area contributed by atoms with Gasteiger partial charge in [0.15, 0.2) is 6.61 Å². The fraction of sp³-hybridized carbons (Fsp3) is 0.636. The Kier molecular flexibility index (Phi) is 6.33. The molecule has 8 heteroatoms. The van der Waals surface area contributed by atoms with E-state index in [0.717, 1.165) is 48.5 Å². The quantitative estimate of drug-likeness (QED) is 0.418. The highest BCUT2D eigenvalue weighted by Crippen LogP contribution is 2.38. The lowest BCUT2D eigenvalue weighted by molar-refractivity contribution is -0.147. The Hall–Kier alpha value is -2.64. The van der Waals surface area contributed by atoms with Crippen molar-refractivity contribution in [1.82, 2.24) is 14.8 Å². The molecule has 1 saturated heterocycles. The Bertz CT molecular complexity index is 874. The molecule has 1 spiro atoms. The number of nitrogens with one attached hydrogen (secondary N) is 1. The van der Waals surface area contributed by atoms with Gasteiger partial charge in [0.05, 0.1) is 0 Å². The predicted octanol–water partition coefficient (Wildman–Crippen LogP) is 2.74. The van der Waals surface area contributed by atoms with E-state index in [1.807, 2.05) is 20.8 Å². The summed E-state index contributed by atoms with van der Waals surface area (Å²) in [5.74, 6) is -1.42. The van der Waals surface area contributed by atoms with Crippen molar-refractivity contribution in [3.8, 4) is 0 Å². The first-order valence-corrected chi connectivity index (χ1v) is 10.7. The molecule has 2 heterocycles. The minimum Gasteiger partial charge on any atom is -0.456 e. The number of nitrogens with zero attached hydrogens (tertiary/aromatic N) is 2. The molecule has 0 radical (unpaired) electrons. The number of ether oxygens (including phenoxy) is 1. The normalized spacial score (nSPS) is 23.7. The maximum Gasteiger partial charge on any atom is 0.326 e. The molecule has 164 valence electrons.